The van der Waals surface area contributed by atoms with Gasteiger partial charge in [-0.2, -0.15) is 0 Å². The van der Waals surface area contributed by atoms with Crippen molar-refractivity contribution in [2.75, 3.05) is 0 Å². The lowest BCUT2D eigenvalue weighted by Crippen LogP contribution is -2.36. The molecular weight excluding hydrogens is 358 g/mol. The minimum absolute atomic E-state index is 0.233. The van der Waals surface area contributed by atoms with E-state index in [4.69, 9.17) is 13.9 Å². The Hall–Kier alpha value is -3.54. The van der Waals surface area contributed by atoms with Crippen LogP contribution in [0.1, 0.15) is 29.7 Å². The molecule has 0 bridgehead atoms. The molecule has 0 fully saturated rings. The lowest BCUT2D eigenvalue weighted by atomic mass is 9.88. The summed E-state index contributed by atoms with van der Waals surface area (Å²) in [5, 5.41) is 2.70. The van der Waals surface area contributed by atoms with Gasteiger partial charge in [0.15, 0.2) is 6.10 Å². The van der Waals surface area contributed by atoms with E-state index in [2.05, 4.69) is 5.32 Å². The highest BCUT2D eigenvalue weighted by molar-refractivity contribution is 5.89. The molecule has 2 aromatic carbocycles. The van der Waals surface area contributed by atoms with Gasteiger partial charge in [0.1, 0.15) is 23.2 Å². The average molecular weight is 377 g/mol. The van der Waals surface area contributed by atoms with Gasteiger partial charge in [-0.15, -0.1) is 0 Å². The highest BCUT2D eigenvalue weighted by Crippen LogP contribution is 2.44. The maximum atomic E-state index is 13.0. The second-order valence-electron chi connectivity index (χ2n) is 6.49. The molecule has 1 atom stereocenters. The van der Waals surface area contributed by atoms with Gasteiger partial charge in [-0.3, -0.25) is 9.59 Å². The Bertz CT molecular complexity index is 950. The standard InChI is InChI=1S/C22H19NO5/c1-14(21(24)23-13-15-7-6-12-26-15)27-22(25)20-16-8-2-4-10-18(16)28-19-11-5-3-9-17(19)20/h2-12,14,20H,13H2,1H3,(H,23,24)/t14-/m0/s1. The highest BCUT2D eigenvalue weighted by Gasteiger charge is 2.35. The Balaban J connectivity index is 1.50. The predicted octanol–water partition coefficient (Wildman–Crippen LogP) is 3.77. The topological polar surface area (TPSA) is 77.8 Å². The van der Waals surface area contributed by atoms with Crippen LogP contribution in [0.3, 0.4) is 0 Å². The van der Waals surface area contributed by atoms with Crippen molar-refractivity contribution in [2.45, 2.75) is 25.5 Å². The summed E-state index contributed by atoms with van der Waals surface area (Å²) in [6.07, 6.45) is 0.593. The normalized spacial score (nSPS) is 13.6. The lowest BCUT2D eigenvalue weighted by molar-refractivity contribution is -0.155. The largest absolute Gasteiger partial charge is 0.467 e. The second-order valence-corrected chi connectivity index (χ2v) is 6.49. The fourth-order valence-electron chi connectivity index (χ4n) is 3.19. The van der Waals surface area contributed by atoms with Crippen molar-refractivity contribution in [3.63, 3.8) is 0 Å². The van der Waals surface area contributed by atoms with E-state index >= 15 is 0 Å². The molecule has 1 amide bonds. The molecule has 3 aromatic rings. The predicted molar refractivity (Wildman–Crippen MR) is 101 cm³/mol. The van der Waals surface area contributed by atoms with Crippen LogP contribution in [0.2, 0.25) is 0 Å². The van der Waals surface area contributed by atoms with Crippen LogP contribution in [0.5, 0.6) is 11.5 Å². The summed E-state index contributed by atoms with van der Waals surface area (Å²) in [7, 11) is 0. The quantitative estimate of drug-likeness (QED) is 0.685. The summed E-state index contributed by atoms with van der Waals surface area (Å²) >= 11 is 0. The molecule has 1 aliphatic heterocycles. The van der Waals surface area contributed by atoms with Crippen molar-refractivity contribution >= 4 is 11.9 Å². The van der Waals surface area contributed by atoms with Gasteiger partial charge < -0.3 is 19.2 Å². The first kappa shape index (κ1) is 17.9. The third kappa shape index (κ3) is 3.49. The van der Waals surface area contributed by atoms with E-state index in [0.29, 0.717) is 17.3 Å². The number of hydrogen-bond donors (Lipinski definition) is 1. The zero-order valence-electron chi connectivity index (χ0n) is 15.3. The first-order valence-corrected chi connectivity index (χ1v) is 9.00. The van der Waals surface area contributed by atoms with Crippen LogP contribution in [-0.4, -0.2) is 18.0 Å². The molecule has 1 N–H and O–H groups in total. The average Bonchev–Trinajstić information content (AvgIpc) is 3.23. The Morgan fingerprint density at radius 1 is 1.00 bits per heavy atom. The number of ether oxygens (including phenoxy) is 2. The lowest BCUT2D eigenvalue weighted by Gasteiger charge is -2.27. The number of nitrogens with one attached hydrogen (secondary N) is 1. The first-order chi connectivity index (χ1) is 13.6. The number of furan rings is 1. The van der Waals surface area contributed by atoms with Crippen LogP contribution in [0.4, 0.5) is 0 Å². The molecule has 0 saturated heterocycles. The number of amides is 1. The molecule has 4 rings (SSSR count). The summed E-state index contributed by atoms with van der Waals surface area (Å²) in [5.41, 5.74) is 1.43. The summed E-state index contributed by atoms with van der Waals surface area (Å²) in [6.45, 7) is 1.78. The van der Waals surface area contributed by atoms with Gasteiger partial charge in [-0.25, -0.2) is 0 Å². The summed E-state index contributed by atoms with van der Waals surface area (Å²) in [4.78, 5) is 25.3. The smallest absolute Gasteiger partial charge is 0.318 e. The molecule has 6 nitrogen and oxygen atoms in total. The Morgan fingerprint density at radius 3 is 2.25 bits per heavy atom. The minimum atomic E-state index is -0.940. The van der Waals surface area contributed by atoms with Gasteiger partial charge in [-0.1, -0.05) is 36.4 Å². The summed E-state index contributed by atoms with van der Waals surface area (Å²) in [5.74, 6) is 0.305. The number of para-hydroxylation sites is 2. The van der Waals surface area contributed by atoms with Crippen molar-refractivity contribution in [3.8, 4) is 11.5 Å². The first-order valence-electron chi connectivity index (χ1n) is 9.00. The van der Waals surface area contributed by atoms with Crippen LogP contribution in [-0.2, 0) is 20.9 Å². The number of hydrogen-bond acceptors (Lipinski definition) is 5. The molecule has 142 valence electrons. The van der Waals surface area contributed by atoms with E-state index in [1.54, 1.807) is 19.1 Å². The van der Waals surface area contributed by atoms with Crippen molar-refractivity contribution < 1.29 is 23.5 Å². The molecule has 28 heavy (non-hydrogen) atoms. The third-order valence-corrected chi connectivity index (χ3v) is 4.59. The van der Waals surface area contributed by atoms with Gasteiger partial charge in [0.2, 0.25) is 0 Å². The van der Waals surface area contributed by atoms with Crippen molar-refractivity contribution in [1.29, 1.82) is 0 Å². The van der Waals surface area contributed by atoms with Crippen molar-refractivity contribution in [1.82, 2.24) is 5.32 Å². The van der Waals surface area contributed by atoms with E-state index in [0.717, 1.165) is 11.1 Å². The van der Waals surface area contributed by atoms with E-state index in [1.165, 1.54) is 6.26 Å². The highest BCUT2D eigenvalue weighted by atomic mass is 16.5. The van der Waals surface area contributed by atoms with Gasteiger partial charge >= 0.3 is 5.97 Å². The van der Waals surface area contributed by atoms with Gasteiger partial charge in [-0.05, 0) is 31.2 Å². The second kappa shape index (κ2) is 7.60. The third-order valence-electron chi connectivity index (χ3n) is 4.59. The minimum Gasteiger partial charge on any atom is -0.467 e. The number of fused-ring (bicyclic) bond motifs is 2. The summed E-state index contributed by atoms with van der Waals surface area (Å²) in [6, 6.07) is 18.2. The zero-order valence-corrected chi connectivity index (χ0v) is 15.3. The number of carbonyl (C=O) groups is 2. The number of esters is 1. The maximum absolute atomic E-state index is 13.0. The molecule has 1 aromatic heterocycles. The van der Waals surface area contributed by atoms with E-state index in [9.17, 15) is 9.59 Å². The fraction of sp³-hybridized carbons (Fsp3) is 0.182. The zero-order chi connectivity index (χ0) is 19.5. The number of rotatable bonds is 5. The molecule has 0 radical (unpaired) electrons. The Labute approximate surface area is 162 Å². The van der Waals surface area contributed by atoms with Crippen molar-refractivity contribution in [3.05, 3.63) is 83.8 Å². The number of carbonyl (C=O) groups excluding carboxylic acids is 2. The number of benzene rings is 2. The molecular formula is C22H19NO5. The maximum Gasteiger partial charge on any atom is 0.318 e. The van der Waals surface area contributed by atoms with Crippen molar-refractivity contribution in [2.24, 2.45) is 0 Å². The monoisotopic (exact) mass is 377 g/mol. The van der Waals surface area contributed by atoms with Gasteiger partial charge in [0.25, 0.3) is 5.91 Å². The molecule has 6 heteroatoms. The SMILES string of the molecule is C[C@H](OC(=O)C1c2ccccc2Oc2ccccc21)C(=O)NCc1ccco1. The van der Waals surface area contributed by atoms with Crippen LogP contribution < -0.4 is 10.1 Å². The molecule has 1 aliphatic rings. The molecule has 2 heterocycles. The molecule has 0 unspecified atom stereocenters. The fourth-order valence-corrected chi connectivity index (χ4v) is 3.19. The van der Waals surface area contributed by atoms with E-state index < -0.39 is 23.9 Å². The van der Waals surface area contributed by atoms with Crippen LogP contribution in [0.15, 0.2) is 71.3 Å². The molecule has 0 saturated carbocycles. The Kier molecular flexibility index (Phi) is 4.85. The van der Waals surface area contributed by atoms with Crippen LogP contribution in [0, 0.1) is 0 Å². The van der Waals surface area contributed by atoms with E-state index in [1.807, 2.05) is 48.5 Å². The van der Waals surface area contributed by atoms with Gasteiger partial charge in [0, 0.05) is 11.1 Å². The Morgan fingerprint density at radius 2 is 1.64 bits per heavy atom. The van der Waals surface area contributed by atoms with Gasteiger partial charge in [0.05, 0.1) is 12.8 Å². The van der Waals surface area contributed by atoms with Crippen LogP contribution in [0.25, 0.3) is 0 Å². The molecule has 0 spiro atoms. The van der Waals surface area contributed by atoms with Crippen LogP contribution >= 0.6 is 0 Å². The molecule has 0 aliphatic carbocycles. The summed E-state index contributed by atoms with van der Waals surface area (Å²) < 4.78 is 16.6. The van der Waals surface area contributed by atoms with E-state index in [-0.39, 0.29) is 6.54 Å².